The average molecular weight is 367 g/mol. The van der Waals surface area contributed by atoms with Crippen LogP contribution in [0.1, 0.15) is 38.7 Å². The summed E-state index contributed by atoms with van der Waals surface area (Å²) < 4.78 is 0.871. The Morgan fingerprint density at radius 3 is 2.23 bits per heavy atom. The number of aliphatic hydroxyl groups is 2. The molecular formula is C17H19BrO4. The van der Waals surface area contributed by atoms with E-state index < -0.39 is 17.4 Å². The van der Waals surface area contributed by atoms with E-state index in [2.05, 4.69) is 15.9 Å². The summed E-state index contributed by atoms with van der Waals surface area (Å²) in [4.78, 5) is 24.2. The van der Waals surface area contributed by atoms with Crippen LogP contribution in [0.3, 0.4) is 0 Å². The molecular weight excluding hydrogens is 348 g/mol. The smallest absolute Gasteiger partial charge is 0.159 e. The van der Waals surface area contributed by atoms with Gasteiger partial charge in [-0.3, -0.25) is 9.59 Å². The van der Waals surface area contributed by atoms with E-state index in [1.807, 2.05) is 12.1 Å². The number of Topliss-reactive ketones (excluding diaryl/α,β-unsaturated/α-hetero) is 2. The minimum absolute atomic E-state index is 0.0980. The van der Waals surface area contributed by atoms with E-state index >= 15 is 0 Å². The van der Waals surface area contributed by atoms with Crippen LogP contribution in [-0.4, -0.2) is 27.4 Å². The molecule has 0 spiro atoms. The maximum Gasteiger partial charge on any atom is 0.159 e. The number of carbonyl (C=O) groups excluding carboxylic acids is 2. The van der Waals surface area contributed by atoms with Crippen LogP contribution in [-0.2, 0) is 9.59 Å². The molecule has 1 aromatic carbocycles. The topological polar surface area (TPSA) is 74.6 Å². The number of allylic oxidation sites excluding steroid dienone is 1. The zero-order valence-electron chi connectivity index (χ0n) is 12.8. The molecule has 0 saturated carbocycles. The molecule has 4 nitrogen and oxygen atoms in total. The second-order valence-corrected chi connectivity index (χ2v) is 6.98. The summed E-state index contributed by atoms with van der Waals surface area (Å²) in [5, 5.41) is 20.9. The summed E-state index contributed by atoms with van der Waals surface area (Å²) in [6, 6.07) is 7.21. The third-order valence-electron chi connectivity index (χ3n) is 4.20. The van der Waals surface area contributed by atoms with Crippen LogP contribution in [0.25, 0.3) is 0 Å². The first-order chi connectivity index (χ1) is 10.1. The number of ketones is 2. The fourth-order valence-corrected chi connectivity index (χ4v) is 3.64. The number of halogens is 1. The lowest BCUT2D eigenvalue weighted by atomic mass is 9.64. The van der Waals surface area contributed by atoms with Crippen LogP contribution in [0, 0.1) is 5.92 Å². The molecule has 1 aliphatic rings. The Bertz CT molecular complexity index is 643. The van der Waals surface area contributed by atoms with Crippen molar-refractivity contribution < 1.29 is 19.8 Å². The van der Waals surface area contributed by atoms with E-state index in [4.69, 9.17) is 0 Å². The number of hydrogen-bond donors (Lipinski definition) is 2. The molecule has 0 radical (unpaired) electrons. The highest BCUT2D eigenvalue weighted by Gasteiger charge is 2.49. The molecule has 1 aliphatic carbocycles. The molecule has 1 aromatic rings. The lowest BCUT2D eigenvalue weighted by Crippen LogP contribution is -2.47. The van der Waals surface area contributed by atoms with Gasteiger partial charge in [0.25, 0.3) is 0 Å². The summed E-state index contributed by atoms with van der Waals surface area (Å²) in [6.45, 7) is 4.30. The second kappa shape index (κ2) is 5.97. The van der Waals surface area contributed by atoms with Gasteiger partial charge in [0.15, 0.2) is 5.78 Å². The summed E-state index contributed by atoms with van der Waals surface area (Å²) in [7, 11) is 0. The van der Waals surface area contributed by atoms with E-state index in [9.17, 15) is 19.8 Å². The molecule has 5 heteroatoms. The first kappa shape index (κ1) is 16.9. The molecule has 0 heterocycles. The Kier molecular flexibility index (Phi) is 4.59. The SMILES string of the molecule is CC(=O)C1=C(O)C[C@](C)(O)[C@@H](C(C)=O)[C@H]1c1ccc(Br)cc1. The van der Waals surface area contributed by atoms with Gasteiger partial charge in [-0.05, 0) is 38.5 Å². The van der Waals surface area contributed by atoms with Crippen LogP contribution < -0.4 is 0 Å². The van der Waals surface area contributed by atoms with Crippen LogP contribution in [0.2, 0.25) is 0 Å². The summed E-state index contributed by atoms with van der Waals surface area (Å²) in [5.74, 6) is -2.05. The van der Waals surface area contributed by atoms with Crippen LogP contribution in [0.15, 0.2) is 40.1 Å². The van der Waals surface area contributed by atoms with Crippen molar-refractivity contribution in [2.45, 2.75) is 38.7 Å². The molecule has 0 aromatic heterocycles. The zero-order chi connectivity index (χ0) is 16.7. The van der Waals surface area contributed by atoms with Crippen molar-refractivity contribution in [2.75, 3.05) is 0 Å². The number of carbonyl (C=O) groups is 2. The van der Waals surface area contributed by atoms with Gasteiger partial charge in [0.2, 0.25) is 0 Å². The predicted molar refractivity (Wildman–Crippen MR) is 86.6 cm³/mol. The van der Waals surface area contributed by atoms with Crippen molar-refractivity contribution in [3.8, 4) is 0 Å². The van der Waals surface area contributed by atoms with Crippen molar-refractivity contribution in [1.82, 2.24) is 0 Å². The van der Waals surface area contributed by atoms with Gasteiger partial charge in [-0.1, -0.05) is 28.1 Å². The highest BCUT2D eigenvalue weighted by Crippen LogP contribution is 2.47. The lowest BCUT2D eigenvalue weighted by molar-refractivity contribution is -0.132. The van der Waals surface area contributed by atoms with Crippen LogP contribution >= 0.6 is 15.9 Å². The molecule has 2 rings (SSSR count). The van der Waals surface area contributed by atoms with Crippen LogP contribution in [0.4, 0.5) is 0 Å². The van der Waals surface area contributed by atoms with Crippen molar-refractivity contribution >= 4 is 27.5 Å². The number of aliphatic hydroxyl groups excluding tert-OH is 1. The Morgan fingerprint density at radius 1 is 1.23 bits per heavy atom. The van der Waals surface area contributed by atoms with E-state index in [0.717, 1.165) is 10.0 Å². The third kappa shape index (κ3) is 3.01. The number of benzene rings is 1. The zero-order valence-corrected chi connectivity index (χ0v) is 14.3. The van der Waals surface area contributed by atoms with Crippen LogP contribution in [0.5, 0.6) is 0 Å². The minimum atomic E-state index is -1.40. The van der Waals surface area contributed by atoms with Gasteiger partial charge < -0.3 is 10.2 Å². The van der Waals surface area contributed by atoms with Gasteiger partial charge in [-0.25, -0.2) is 0 Å². The second-order valence-electron chi connectivity index (χ2n) is 6.07. The Labute approximate surface area is 138 Å². The average Bonchev–Trinajstić information content (AvgIpc) is 2.36. The highest BCUT2D eigenvalue weighted by atomic mass is 79.9. The summed E-state index contributed by atoms with van der Waals surface area (Å²) >= 11 is 3.35. The molecule has 22 heavy (non-hydrogen) atoms. The molecule has 0 fully saturated rings. The van der Waals surface area contributed by atoms with Gasteiger partial charge in [-0.15, -0.1) is 0 Å². The molecule has 0 bridgehead atoms. The molecule has 2 N–H and O–H groups in total. The first-order valence-electron chi connectivity index (χ1n) is 7.06. The summed E-state index contributed by atoms with van der Waals surface area (Å²) in [6.07, 6.45) is -0.0980. The van der Waals surface area contributed by atoms with Gasteiger partial charge in [0.1, 0.15) is 11.5 Å². The van der Waals surface area contributed by atoms with E-state index in [1.54, 1.807) is 12.1 Å². The van der Waals surface area contributed by atoms with E-state index in [1.165, 1.54) is 20.8 Å². The fraction of sp³-hybridized carbons (Fsp3) is 0.412. The predicted octanol–water partition coefficient (Wildman–Crippen LogP) is 3.29. The van der Waals surface area contributed by atoms with Crippen molar-refractivity contribution in [3.63, 3.8) is 0 Å². The molecule has 118 valence electrons. The summed E-state index contributed by atoms with van der Waals surface area (Å²) in [5.41, 5.74) is -0.457. The highest BCUT2D eigenvalue weighted by molar-refractivity contribution is 9.10. The standard InChI is InChI=1S/C17H19BrO4/c1-9(19)14-13(21)8-17(3,22)16(10(2)20)15(14)11-4-6-12(18)7-5-11/h4-7,15-16,21-22H,8H2,1-3H3/t15-,16-,17-/m0/s1. The maximum atomic E-state index is 12.2. The molecule has 0 aliphatic heterocycles. The van der Waals surface area contributed by atoms with Crippen molar-refractivity contribution in [1.29, 1.82) is 0 Å². The number of hydrogen-bond acceptors (Lipinski definition) is 4. The van der Waals surface area contributed by atoms with Crippen molar-refractivity contribution in [2.24, 2.45) is 5.92 Å². The Hall–Kier alpha value is -1.46. The van der Waals surface area contributed by atoms with E-state index in [-0.39, 0.29) is 29.3 Å². The molecule has 0 amide bonds. The largest absolute Gasteiger partial charge is 0.512 e. The molecule has 0 saturated heterocycles. The molecule has 3 atom stereocenters. The van der Waals surface area contributed by atoms with Gasteiger partial charge in [0.05, 0.1) is 11.5 Å². The first-order valence-corrected chi connectivity index (χ1v) is 7.85. The van der Waals surface area contributed by atoms with Gasteiger partial charge in [-0.2, -0.15) is 0 Å². The quantitative estimate of drug-likeness (QED) is 0.860. The monoisotopic (exact) mass is 366 g/mol. The Balaban J connectivity index is 2.69. The maximum absolute atomic E-state index is 12.2. The Morgan fingerprint density at radius 2 is 1.77 bits per heavy atom. The molecule has 0 unspecified atom stereocenters. The fourth-order valence-electron chi connectivity index (χ4n) is 3.37. The van der Waals surface area contributed by atoms with E-state index in [0.29, 0.717) is 0 Å². The minimum Gasteiger partial charge on any atom is -0.512 e. The van der Waals surface area contributed by atoms with Crippen molar-refractivity contribution in [3.05, 3.63) is 45.6 Å². The third-order valence-corrected chi connectivity index (χ3v) is 4.73. The number of rotatable bonds is 3. The van der Waals surface area contributed by atoms with Gasteiger partial charge >= 0.3 is 0 Å². The lowest BCUT2D eigenvalue weighted by Gasteiger charge is -2.42. The van der Waals surface area contributed by atoms with Gasteiger partial charge in [0, 0.05) is 22.4 Å². The normalized spacial score (nSPS) is 28.6.